The molecular formula is C24H26N4O3. The van der Waals surface area contributed by atoms with E-state index in [4.69, 9.17) is 4.74 Å². The van der Waals surface area contributed by atoms with Crippen LogP contribution in [0, 0.1) is 0 Å². The van der Waals surface area contributed by atoms with Crippen LogP contribution in [0.4, 0.5) is 0 Å². The van der Waals surface area contributed by atoms with Crippen molar-refractivity contribution in [3.8, 4) is 5.75 Å². The van der Waals surface area contributed by atoms with Gasteiger partial charge < -0.3 is 15.2 Å². The first-order valence-electron chi connectivity index (χ1n) is 10.2. The van der Waals surface area contributed by atoms with Crippen LogP contribution in [-0.2, 0) is 27.2 Å². The molecule has 0 fully saturated rings. The van der Waals surface area contributed by atoms with Crippen LogP contribution in [-0.4, -0.2) is 25.8 Å². The van der Waals surface area contributed by atoms with E-state index in [-0.39, 0.29) is 12.3 Å². The molecule has 0 unspecified atom stereocenters. The predicted octanol–water partition coefficient (Wildman–Crippen LogP) is 2.67. The number of rotatable bonds is 8. The Balaban J connectivity index is 1.32. The van der Waals surface area contributed by atoms with Crippen molar-refractivity contribution in [2.24, 2.45) is 14.1 Å². The Morgan fingerprint density at radius 3 is 2.29 bits per heavy atom. The molecule has 2 N–H and O–H groups in total. The first-order valence-corrected chi connectivity index (χ1v) is 10.2. The molecule has 0 saturated carbocycles. The molecule has 4 rings (SSSR count). The number of hydrogen-bond donors (Lipinski definition) is 2. The second-order valence-electron chi connectivity index (χ2n) is 7.58. The van der Waals surface area contributed by atoms with Crippen molar-refractivity contribution in [2.45, 2.75) is 19.2 Å². The van der Waals surface area contributed by atoms with E-state index < -0.39 is 6.10 Å². The summed E-state index contributed by atoms with van der Waals surface area (Å²) >= 11 is 0. The zero-order valence-corrected chi connectivity index (χ0v) is 17.7. The maximum atomic E-state index is 12.1. The van der Waals surface area contributed by atoms with Crippen molar-refractivity contribution in [1.82, 2.24) is 19.4 Å². The van der Waals surface area contributed by atoms with Gasteiger partial charge in [0.2, 0.25) is 0 Å². The third-order valence-electron chi connectivity index (χ3n) is 5.42. The third kappa shape index (κ3) is 4.68. The van der Waals surface area contributed by atoms with Crippen LogP contribution in [0.25, 0.3) is 11.0 Å². The minimum absolute atomic E-state index is 0.0896. The van der Waals surface area contributed by atoms with Crippen molar-refractivity contribution in [3.05, 3.63) is 94.2 Å². The highest BCUT2D eigenvalue weighted by atomic mass is 16.5. The molecule has 4 aromatic rings. The molecule has 0 bridgehead atoms. The zero-order valence-electron chi connectivity index (χ0n) is 17.7. The maximum absolute atomic E-state index is 12.1. The number of fused-ring (bicyclic) bond motifs is 1. The standard InChI is InChI=1S/C24H26N4O3/c1-27-21-8-5-19(13-22(21)28(2)24(27)30)23(29)16-31-20-6-3-17(4-7-20)14-26-15-18-9-11-25-12-10-18/h3-13,23,26,29H,14-16H2,1-2H3/t23-/m1/s1. The number of nitrogens with zero attached hydrogens (tertiary/aromatic N) is 3. The average Bonchev–Trinajstić information content (AvgIpc) is 3.02. The first kappa shape index (κ1) is 20.8. The Hall–Kier alpha value is -3.42. The van der Waals surface area contributed by atoms with E-state index >= 15 is 0 Å². The van der Waals surface area contributed by atoms with E-state index in [9.17, 15) is 9.90 Å². The van der Waals surface area contributed by atoms with Gasteiger partial charge in [0, 0.05) is 39.6 Å². The number of hydrogen-bond acceptors (Lipinski definition) is 5. The molecular weight excluding hydrogens is 392 g/mol. The van der Waals surface area contributed by atoms with Gasteiger partial charge in [-0.1, -0.05) is 18.2 Å². The van der Waals surface area contributed by atoms with Crippen LogP contribution in [0.1, 0.15) is 22.8 Å². The van der Waals surface area contributed by atoms with Crippen LogP contribution in [0.3, 0.4) is 0 Å². The van der Waals surface area contributed by atoms with E-state index in [1.165, 1.54) is 5.56 Å². The highest BCUT2D eigenvalue weighted by molar-refractivity contribution is 5.76. The van der Waals surface area contributed by atoms with Gasteiger partial charge in [-0.15, -0.1) is 0 Å². The summed E-state index contributed by atoms with van der Waals surface area (Å²) in [6.45, 7) is 1.66. The molecule has 2 aromatic heterocycles. The Morgan fingerprint density at radius 2 is 1.58 bits per heavy atom. The van der Waals surface area contributed by atoms with E-state index in [1.807, 2.05) is 54.6 Å². The molecule has 1 atom stereocenters. The highest BCUT2D eigenvalue weighted by Crippen LogP contribution is 2.21. The average molecular weight is 418 g/mol. The molecule has 2 aromatic carbocycles. The summed E-state index contributed by atoms with van der Waals surface area (Å²) in [6, 6.07) is 17.3. The lowest BCUT2D eigenvalue weighted by molar-refractivity contribution is 0.108. The van der Waals surface area contributed by atoms with Gasteiger partial charge in [-0.3, -0.25) is 14.1 Å². The summed E-state index contributed by atoms with van der Waals surface area (Å²) in [6.07, 6.45) is 2.79. The largest absolute Gasteiger partial charge is 0.491 e. The van der Waals surface area contributed by atoms with Gasteiger partial charge in [0.1, 0.15) is 18.5 Å². The molecule has 160 valence electrons. The number of aromatic nitrogens is 3. The molecule has 0 spiro atoms. The van der Waals surface area contributed by atoms with E-state index in [0.717, 1.165) is 29.7 Å². The Bertz CT molecular complexity index is 1210. The Morgan fingerprint density at radius 1 is 0.935 bits per heavy atom. The monoisotopic (exact) mass is 418 g/mol. The van der Waals surface area contributed by atoms with Crippen LogP contribution in [0.15, 0.2) is 71.8 Å². The quantitative estimate of drug-likeness (QED) is 0.460. The third-order valence-corrected chi connectivity index (χ3v) is 5.42. The van der Waals surface area contributed by atoms with Gasteiger partial charge in [0.05, 0.1) is 11.0 Å². The molecule has 0 radical (unpaired) electrons. The number of imidazole rings is 1. The molecule has 0 amide bonds. The van der Waals surface area contributed by atoms with Crippen LogP contribution >= 0.6 is 0 Å². The number of aryl methyl sites for hydroxylation is 2. The van der Waals surface area contributed by atoms with Crippen molar-refractivity contribution >= 4 is 11.0 Å². The maximum Gasteiger partial charge on any atom is 0.328 e. The van der Waals surface area contributed by atoms with Crippen molar-refractivity contribution in [3.63, 3.8) is 0 Å². The summed E-state index contributed by atoms with van der Waals surface area (Å²) in [5.41, 5.74) is 4.58. The molecule has 2 heterocycles. The molecule has 0 aliphatic carbocycles. The van der Waals surface area contributed by atoms with Crippen LogP contribution in [0.5, 0.6) is 5.75 Å². The molecule has 0 aliphatic rings. The SMILES string of the molecule is Cn1c(=O)n(C)c2cc([C@H](O)COc3ccc(CNCc4ccncc4)cc3)ccc21. The number of aliphatic hydroxyl groups excluding tert-OH is 1. The number of aliphatic hydroxyl groups is 1. The van der Waals surface area contributed by atoms with Gasteiger partial charge in [-0.2, -0.15) is 0 Å². The van der Waals surface area contributed by atoms with Crippen LogP contribution < -0.4 is 15.7 Å². The Labute approximate surface area is 180 Å². The lowest BCUT2D eigenvalue weighted by Gasteiger charge is -2.14. The smallest absolute Gasteiger partial charge is 0.328 e. The molecule has 0 saturated heterocycles. The fourth-order valence-corrected chi connectivity index (χ4v) is 3.56. The van der Waals surface area contributed by atoms with Gasteiger partial charge >= 0.3 is 5.69 Å². The summed E-state index contributed by atoms with van der Waals surface area (Å²) < 4.78 is 8.94. The van der Waals surface area contributed by atoms with Crippen molar-refractivity contribution in [1.29, 1.82) is 0 Å². The van der Waals surface area contributed by atoms with Crippen molar-refractivity contribution < 1.29 is 9.84 Å². The summed E-state index contributed by atoms with van der Waals surface area (Å²) in [4.78, 5) is 16.1. The zero-order chi connectivity index (χ0) is 21.8. The fourth-order valence-electron chi connectivity index (χ4n) is 3.56. The topological polar surface area (TPSA) is 81.3 Å². The van der Waals surface area contributed by atoms with E-state index in [2.05, 4.69) is 10.3 Å². The van der Waals surface area contributed by atoms with Crippen molar-refractivity contribution in [2.75, 3.05) is 6.61 Å². The number of ether oxygens (including phenoxy) is 1. The minimum Gasteiger partial charge on any atom is -0.491 e. The minimum atomic E-state index is -0.790. The second kappa shape index (κ2) is 9.16. The second-order valence-corrected chi connectivity index (χ2v) is 7.58. The van der Waals surface area contributed by atoms with Gasteiger partial charge in [-0.25, -0.2) is 4.79 Å². The Kier molecular flexibility index (Phi) is 6.16. The number of pyridine rings is 1. The van der Waals surface area contributed by atoms with Gasteiger partial charge in [0.15, 0.2) is 0 Å². The normalized spacial score (nSPS) is 12.2. The lowest BCUT2D eigenvalue weighted by atomic mass is 10.1. The first-order chi connectivity index (χ1) is 15.0. The molecule has 7 heteroatoms. The molecule has 31 heavy (non-hydrogen) atoms. The summed E-state index contributed by atoms with van der Waals surface area (Å²) in [5, 5.41) is 14.0. The highest BCUT2D eigenvalue weighted by Gasteiger charge is 2.13. The van der Waals surface area contributed by atoms with Gasteiger partial charge in [-0.05, 0) is 53.1 Å². The molecule has 7 nitrogen and oxygen atoms in total. The summed E-state index contributed by atoms with van der Waals surface area (Å²) in [5.74, 6) is 0.699. The van der Waals surface area contributed by atoms with E-state index in [1.54, 1.807) is 35.6 Å². The number of benzene rings is 2. The molecule has 0 aliphatic heterocycles. The number of nitrogens with one attached hydrogen (secondary N) is 1. The predicted molar refractivity (Wildman–Crippen MR) is 120 cm³/mol. The van der Waals surface area contributed by atoms with Gasteiger partial charge in [0.25, 0.3) is 0 Å². The fraction of sp³-hybridized carbons (Fsp3) is 0.250. The lowest BCUT2D eigenvalue weighted by Crippen LogP contribution is -2.19. The van der Waals surface area contributed by atoms with E-state index in [0.29, 0.717) is 11.3 Å². The van der Waals surface area contributed by atoms with Crippen LogP contribution in [0.2, 0.25) is 0 Å². The summed E-state index contributed by atoms with van der Waals surface area (Å²) in [7, 11) is 3.47.